The highest BCUT2D eigenvalue weighted by atomic mass is 16.5. The van der Waals surface area contributed by atoms with Gasteiger partial charge >= 0.3 is 5.97 Å². The van der Waals surface area contributed by atoms with Gasteiger partial charge in [-0.2, -0.15) is 0 Å². The van der Waals surface area contributed by atoms with Gasteiger partial charge in [-0.05, 0) is 42.8 Å². The molecule has 9 heteroatoms. The highest BCUT2D eigenvalue weighted by Crippen LogP contribution is 2.31. The first kappa shape index (κ1) is 23.9. The third-order valence-electron chi connectivity index (χ3n) is 6.09. The molecule has 1 fully saturated rings. The minimum absolute atomic E-state index is 0.126. The van der Waals surface area contributed by atoms with Crippen molar-refractivity contribution in [1.29, 1.82) is 0 Å². The van der Waals surface area contributed by atoms with Crippen molar-refractivity contribution < 1.29 is 24.6 Å². The average Bonchev–Trinajstić information content (AvgIpc) is 3.22. The lowest BCUT2D eigenvalue weighted by molar-refractivity contribution is -0.176. The van der Waals surface area contributed by atoms with Gasteiger partial charge in [-0.1, -0.05) is 36.8 Å². The molecule has 1 aliphatic heterocycles. The van der Waals surface area contributed by atoms with Crippen LogP contribution in [0.15, 0.2) is 36.4 Å². The van der Waals surface area contributed by atoms with Crippen LogP contribution in [0.3, 0.4) is 0 Å². The van der Waals surface area contributed by atoms with E-state index in [1.807, 2.05) is 36.4 Å². The number of hydrogen-bond acceptors (Lipinski definition) is 7. The molecule has 3 atom stereocenters. The predicted molar refractivity (Wildman–Crippen MR) is 120 cm³/mol. The number of hydroxylamine groups is 2. The van der Waals surface area contributed by atoms with Gasteiger partial charge < -0.3 is 21.3 Å². The fourth-order valence-electron chi connectivity index (χ4n) is 4.34. The van der Waals surface area contributed by atoms with Gasteiger partial charge in [-0.3, -0.25) is 19.7 Å². The molecule has 0 radical (unpaired) electrons. The molecule has 0 saturated carbocycles. The topological polar surface area (TPSA) is 142 Å². The van der Waals surface area contributed by atoms with Crippen LogP contribution in [0.5, 0.6) is 5.75 Å². The first-order chi connectivity index (χ1) is 15.4. The van der Waals surface area contributed by atoms with E-state index in [2.05, 4.69) is 0 Å². The SMILES string of the molecule is COc1ccc(CN2C[C@H](N(O)C(=O)[C@@H](N)CCCCN)C[C@H]2C(=O)O)c2ccccc12. The molecule has 0 bridgehead atoms. The van der Waals surface area contributed by atoms with Crippen LogP contribution in [0.1, 0.15) is 31.2 Å². The molecule has 9 nitrogen and oxygen atoms in total. The minimum Gasteiger partial charge on any atom is -0.496 e. The van der Waals surface area contributed by atoms with Crippen molar-refractivity contribution in [2.24, 2.45) is 11.5 Å². The molecule has 1 saturated heterocycles. The molecule has 3 rings (SSSR count). The number of carbonyl (C=O) groups is 2. The molecule has 32 heavy (non-hydrogen) atoms. The molecule has 1 aliphatic rings. The summed E-state index contributed by atoms with van der Waals surface area (Å²) in [6, 6.07) is 9.25. The van der Waals surface area contributed by atoms with Crippen molar-refractivity contribution >= 4 is 22.6 Å². The summed E-state index contributed by atoms with van der Waals surface area (Å²) in [6.45, 7) is 1.11. The van der Waals surface area contributed by atoms with Gasteiger partial charge in [0.1, 0.15) is 11.8 Å². The highest BCUT2D eigenvalue weighted by Gasteiger charge is 2.41. The fourth-order valence-corrected chi connectivity index (χ4v) is 4.34. The second-order valence-corrected chi connectivity index (χ2v) is 8.22. The Labute approximate surface area is 187 Å². The van der Waals surface area contributed by atoms with Gasteiger partial charge in [0.25, 0.3) is 5.91 Å². The number of rotatable bonds is 10. The van der Waals surface area contributed by atoms with Crippen LogP contribution in [0.2, 0.25) is 0 Å². The maximum atomic E-state index is 12.6. The number of unbranched alkanes of at least 4 members (excludes halogenated alkanes) is 1. The number of nitrogens with two attached hydrogens (primary N) is 2. The van der Waals surface area contributed by atoms with Gasteiger partial charge in [0.15, 0.2) is 0 Å². The van der Waals surface area contributed by atoms with Crippen molar-refractivity contribution in [2.75, 3.05) is 20.2 Å². The van der Waals surface area contributed by atoms with Crippen molar-refractivity contribution in [2.45, 2.75) is 50.4 Å². The summed E-state index contributed by atoms with van der Waals surface area (Å²) >= 11 is 0. The molecule has 2 aromatic rings. The van der Waals surface area contributed by atoms with E-state index < -0.39 is 30.0 Å². The number of hydrogen-bond donors (Lipinski definition) is 4. The van der Waals surface area contributed by atoms with Crippen LogP contribution in [0, 0.1) is 0 Å². The summed E-state index contributed by atoms with van der Waals surface area (Å²) in [5.41, 5.74) is 12.4. The monoisotopic (exact) mass is 444 g/mol. The van der Waals surface area contributed by atoms with Crippen LogP contribution in [0.4, 0.5) is 0 Å². The van der Waals surface area contributed by atoms with Gasteiger partial charge in [-0.25, -0.2) is 5.06 Å². The lowest BCUT2D eigenvalue weighted by atomic mass is 10.0. The normalized spacial score (nSPS) is 19.8. The average molecular weight is 445 g/mol. The number of ether oxygens (including phenoxy) is 1. The smallest absolute Gasteiger partial charge is 0.321 e. The second kappa shape index (κ2) is 10.7. The standard InChI is InChI=1S/C23H32N4O5/c1-32-21-10-9-15(17-6-2-3-7-18(17)21)13-26-14-16(12-20(26)23(29)30)27(31)22(28)19(25)8-4-5-11-24/h2-3,6-7,9-10,16,19-20,31H,4-5,8,11-14,24-25H2,1H3,(H,29,30)/t16-,19+,20+/m1/s1. The van der Waals surface area contributed by atoms with E-state index in [1.54, 1.807) is 12.0 Å². The fraction of sp³-hybridized carbons (Fsp3) is 0.478. The zero-order valence-corrected chi connectivity index (χ0v) is 18.3. The molecule has 174 valence electrons. The number of carbonyl (C=O) groups excluding carboxylic acids is 1. The van der Waals surface area contributed by atoms with Crippen LogP contribution in [-0.4, -0.2) is 70.5 Å². The Hall–Kier alpha value is -2.72. The van der Waals surface area contributed by atoms with Crippen molar-refractivity contribution in [3.05, 3.63) is 42.0 Å². The highest BCUT2D eigenvalue weighted by molar-refractivity contribution is 5.91. The Balaban J connectivity index is 1.76. The number of carboxylic acid groups (broad SMARTS) is 1. The van der Waals surface area contributed by atoms with Gasteiger partial charge in [0.05, 0.1) is 19.2 Å². The summed E-state index contributed by atoms with van der Waals surface area (Å²) < 4.78 is 5.44. The molecule has 0 aromatic heterocycles. The molecule has 0 unspecified atom stereocenters. The minimum atomic E-state index is -0.988. The molecule has 6 N–H and O–H groups in total. The van der Waals surface area contributed by atoms with E-state index >= 15 is 0 Å². The first-order valence-electron chi connectivity index (χ1n) is 10.9. The largest absolute Gasteiger partial charge is 0.496 e. The Morgan fingerprint density at radius 1 is 1.22 bits per heavy atom. The Kier molecular flexibility index (Phi) is 8.03. The number of nitrogens with zero attached hydrogens (tertiary/aromatic N) is 2. The second-order valence-electron chi connectivity index (χ2n) is 8.22. The third kappa shape index (κ3) is 5.18. The first-order valence-corrected chi connectivity index (χ1v) is 10.9. The van der Waals surface area contributed by atoms with Crippen LogP contribution in [0.25, 0.3) is 10.8 Å². The van der Waals surface area contributed by atoms with E-state index in [9.17, 15) is 19.9 Å². The number of carboxylic acids is 1. The summed E-state index contributed by atoms with van der Waals surface area (Å²) in [7, 11) is 1.61. The van der Waals surface area contributed by atoms with E-state index in [-0.39, 0.29) is 13.0 Å². The van der Waals surface area contributed by atoms with Crippen LogP contribution in [-0.2, 0) is 16.1 Å². The molecule has 0 aliphatic carbocycles. The maximum absolute atomic E-state index is 12.6. The van der Waals surface area contributed by atoms with Crippen molar-refractivity contribution in [1.82, 2.24) is 9.96 Å². The van der Waals surface area contributed by atoms with Gasteiger partial charge in [-0.15, -0.1) is 0 Å². The number of benzene rings is 2. The maximum Gasteiger partial charge on any atom is 0.321 e. The van der Waals surface area contributed by atoms with E-state index in [0.717, 1.165) is 28.5 Å². The summed E-state index contributed by atoms with van der Waals surface area (Å²) in [4.78, 5) is 26.3. The van der Waals surface area contributed by atoms with Gasteiger partial charge in [0.2, 0.25) is 0 Å². The predicted octanol–water partition coefficient (Wildman–Crippen LogP) is 1.55. The number of likely N-dealkylation sites (tertiary alicyclic amines) is 1. The third-order valence-corrected chi connectivity index (χ3v) is 6.09. The molecule has 0 spiro atoms. The molecule has 2 aromatic carbocycles. The Morgan fingerprint density at radius 3 is 2.59 bits per heavy atom. The molecule has 1 heterocycles. The summed E-state index contributed by atoms with van der Waals surface area (Å²) in [5, 5.41) is 22.8. The number of fused-ring (bicyclic) bond motifs is 1. The molecular formula is C23H32N4O5. The van der Waals surface area contributed by atoms with Gasteiger partial charge in [0, 0.05) is 18.5 Å². The molecular weight excluding hydrogens is 412 g/mol. The van der Waals surface area contributed by atoms with Crippen molar-refractivity contribution in [3.8, 4) is 5.75 Å². The quantitative estimate of drug-likeness (QED) is 0.246. The Bertz CT molecular complexity index is 953. The van der Waals surface area contributed by atoms with Crippen LogP contribution < -0.4 is 16.2 Å². The zero-order valence-electron chi connectivity index (χ0n) is 18.3. The summed E-state index contributed by atoms with van der Waals surface area (Å²) in [5.74, 6) is -0.833. The van der Waals surface area contributed by atoms with Crippen LogP contribution >= 0.6 is 0 Å². The summed E-state index contributed by atoms with van der Waals surface area (Å²) in [6.07, 6.45) is 1.99. The lowest BCUT2D eigenvalue weighted by Gasteiger charge is -2.25. The molecule has 1 amide bonds. The Morgan fingerprint density at radius 2 is 1.94 bits per heavy atom. The van der Waals surface area contributed by atoms with E-state index in [0.29, 0.717) is 31.0 Å². The van der Waals surface area contributed by atoms with E-state index in [1.165, 1.54) is 0 Å². The number of methoxy groups -OCH3 is 1. The zero-order chi connectivity index (χ0) is 23.3. The van der Waals surface area contributed by atoms with Crippen molar-refractivity contribution in [3.63, 3.8) is 0 Å². The lowest BCUT2D eigenvalue weighted by Crippen LogP contribution is -2.47. The number of aliphatic carboxylic acids is 1. The van der Waals surface area contributed by atoms with E-state index in [4.69, 9.17) is 16.2 Å². The number of amides is 1.